The molecule has 0 bridgehead atoms. The lowest BCUT2D eigenvalue weighted by atomic mass is 10.1. The third-order valence-electron chi connectivity index (χ3n) is 4.18. The average molecular weight is 420 g/mol. The summed E-state index contributed by atoms with van der Waals surface area (Å²) in [6.07, 6.45) is -1.63. The Morgan fingerprint density at radius 3 is 2.31 bits per heavy atom. The van der Waals surface area contributed by atoms with Gasteiger partial charge >= 0.3 is 0 Å². The zero-order chi connectivity index (χ0) is 18.8. The van der Waals surface area contributed by atoms with E-state index < -0.39 is 24.2 Å². The Labute approximate surface area is 165 Å². The van der Waals surface area contributed by atoms with Crippen LogP contribution in [0.25, 0.3) is 0 Å². The summed E-state index contributed by atoms with van der Waals surface area (Å²) >= 11 is 18.0. The number of hydrogen-bond acceptors (Lipinski definition) is 7. The maximum absolute atomic E-state index is 10.1. The molecule has 1 aromatic carbocycles. The van der Waals surface area contributed by atoms with Gasteiger partial charge in [-0.1, -0.05) is 34.8 Å². The van der Waals surface area contributed by atoms with E-state index in [2.05, 4.69) is 20.6 Å². The molecule has 1 heterocycles. The van der Waals surface area contributed by atoms with Crippen molar-refractivity contribution >= 4 is 52.3 Å². The molecule has 1 aromatic heterocycles. The molecule has 0 unspecified atom stereocenters. The Balaban J connectivity index is 1.77. The van der Waals surface area contributed by atoms with E-state index in [1.54, 1.807) is 18.2 Å². The minimum Gasteiger partial charge on any atom is -0.396 e. The van der Waals surface area contributed by atoms with Crippen molar-refractivity contribution < 1.29 is 15.3 Å². The van der Waals surface area contributed by atoms with Crippen LogP contribution < -0.4 is 10.6 Å². The van der Waals surface area contributed by atoms with Crippen LogP contribution in [0, 0.1) is 5.92 Å². The zero-order valence-electron chi connectivity index (χ0n) is 13.4. The molecule has 26 heavy (non-hydrogen) atoms. The molecule has 3 rings (SSSR count). The Kier molecular flexibility index (Phi) is 6.06. The quantitative estimate of drug-likeness (QED) is 0.474. The molecule has 7 nitrogen and oxygen atoms in total. The highest BCUT2D eigenvalue weighted by atomic mass is 35.5. The first-order valence-corrected chi connectivity index (χ1v) is 9.00. The molecule has 1 saturated carbocycles. The molecule has 0 radical (unpaired) electrons. The minimum absolute atomic E-state index is 0.185. The number of aromatic nitrogens is 2. The van der Waals surface area contributed by atoms with E-state index in [0.717, 1.165) is 0 Å². The van der Waals surface area contributed by atoms with Gasteiger partial charge in [-0.2, -0.15) is 4.98 Å². The molecule has 140 valence electrons. The van der Waals surface area contributed by atoms with E-state index >= 15 is 0 Å². The van der Waals surface area contributed by atoms with Crippen LogP contribution in [0.2, 0.25) is 15.2 Å². The van der Waals surface area contributed by atoms with E-state index in [0.29, 0.717) is 28.0 Å². The van der Waals surface area contributed by atoms with Gasteiger partial charge < -0.3 is 26.0 Å². The fraction of sp³-hybridized carbons (Fsp3) is 0.375. The number of hydrogen-bond donors (Lipinski definition) is 5. The van der Waals surface area contributed by atoms with Crippen molar-refractivity contribution in [2.24, 2.45) is 5.92 Å². The molecule has 1 fully saturated rings. The van der Waals surface area contributed by atoms with Crippen LogP contribution in [0.4, 0.5) is 17.5 Å². The van der Waals surface area contributed by atoms with Gasteiger partial charge in [-0.15, -0.1) is 0 Å². The fourth-order valence-electron chi connectivity index (χ4n) is 2.94. The van der Waals surface area contributed by atoms with E-state index in [4.69, 9.17) is 34.8 Å². The number of anilines is 3. The fourth-order valence-corrected chi connectivity index (χ4v) is 3.65. The van der Waals surface area contributed by atoms with Gasteiger partial charge in [0, 0.05) is 34.3 Å². The molecule has 1 aliphatic rings. The van der Waals surface area contributed by atoms with Gasteiger partial charge in [-0.25, -0.2) is 4.98 Å². The second kappa shape index (κ2) is 8.12. The van der Waals surface area contributed by atoms with Crippen LogP contribution in [-0.2, 0) is 0 Å². The van der Waals surface area contributed by atoms with Crippen molar-refractivity contribution in [3.63, 3.8) is 0 Å². The summed E-state index contributed by atoms with van der Waals surface area (Å²) in [5.74, 6) is 0.187. The van der Waals surface area contributed by atoms with Crippen LogP contribution in [0.3, 0.4) is 0 Å². The SMILES string of the molecule is OC[C@H]1C[C@@H](Nc2cc(Cl)nc(Nc3cc(Cl)cc(Cl)c3)n2)[C@@H](O)[C@@H]1O. The Morgan fingerprint density at radius 1 is 1.00 bits per heavy atom. The summed E-state index contributed by atoms with van der Waals surface area (Å²) in [5.41, 5.74) is 0.590. The molecule has 4 atom stereocenters. The summed E-state index contributed by atoms with van der Waals surface area (Å²) in [6, 6.07) is 5.95. The predicted molar refractivity (Wildman–Crippen MR) is 101 cm³/mol. The molecular formula is C16H17Cl3N4O3. The van der Waals surface area contributed by atoms with Gasteiger partial charge in [-0.3, -0.25) is 0 Å². The van der Waals surface area contributed by atoms with E-state index in [1.165, 1.54) is 6.07 Å². The monoisotopic (exact) mass is 418 g/mol. The number of aliphatic hydroxyl groups is 3. The van der Waals surface area contributed by atoms with E-state index in [1.807, 2.05) is 0 Å². The highest BCUT2D eigenvalue weighted by Gasteiger charge is 2.41. The van der Waals surface area contributed by atoms with Crippen molar-refractivity contribution in [1.82, 2.24) is 9.97 Å². The Morgan fingerprint density at radius 2 is 1.69 bits per heavy atom. The number of aliphatic hydroxyl groups excluding tert-OH is 3. The molecule has 0 saturated heterocycles. The molecule has 5 N–H and O–H groups in total. The predicted octanol–water partition coefficient (Wildman–Crippen LogP) is 2.69. The van der Waals surface area contributed by atoms with Crippen LogP contribution >= 0.6 is 34.8 Å². The summed E-state index contributed by atoms with van der Waals surface area (Å²) in [4.78, 5) is 8.40. The minimum atomic E-state index is -1.02. The topological polar surface area (TPSA) is 111 Å². The van der Waals surface area contributed by atoms with Crippen molar-refractivity contribution in [1.29, 1.82) is 0 Å². The standard InChI is InChI=1S/C16H17Cl3N4O3/c17-8-2-9(18)4-10(3-8)20-16-22-12(19)5-13(23-16)21-11-1-7(6-24)14(25)15(11)26/h2-5,7,11,14-15,24-26H,1,6H2,(H2,20,21,22,23)/t7-,11-,14-,15-/m1/s1. The Hall–Kier alpha value is -1.35. The highest BCUT2D eigenvalue weighted by Crippen LogP contribution is 2.30. The van der Waals surface area contributed by atoms with Gasteiger partial charge in [0.1, 0.15) is 17.1 Å². The normalized spacial score (nSPS) is 25.3. The van der Waals surface area contributed by atoms with Gasteiger partial charge in [-0.05, 0) is 24.6 Å². The summed E-state index contributed by atoms with van der Waals surface area (Å²) in [7, 11) is 0. The van der Waals surface area contributed by atoms with Gasteiger partial charge in [0.25, 0.3) is 0 Å². The number of nitrogens with zero attached hydrogens (tertiary/aromatic N) is 2. The van der Waals surface area contributed by atoms with E-state index in [-0.39, 0.29) is 17.7 Å². The van der Waals surface area contributed by atoms with Gasteiger partial charge in [0.05, 0.1) is 12.1 Å². The Bertz CT molecular complexity index is 775. The number of rotatable bonds is 5. The number of benzene rings is 1. The van der Waals surface area contributed by atoms with Crippen LogP contribution in [0.1, 0.15) is 6.42 Å². The largest absolute Gasteiger partial charge is 0.396 e. The summed E-state index contributed by atoms with van der Waals surface area (Å²) < 4.78 is 0. The summed E-state index contributed by atoms with van der Waals surface area (Å²) in [5, 5.41) is 36.4. The lowest BCUT2D eigenvalue weighted by Gasteiger charge is -2.19. The first kappa shape index (κ1) is 19.4. The van der Waals surface area contributed by atoms with Crippen molar-refractivity contribution in [3.05, 3.63) is 39.5 Å². The average Bonchev–Trinajstić information content (AvgIpc) is 2.81. The maximum atomic E-state index is 10.1. The van der Waals surface area contributed by atoms with E-state index in [9.17, 15) is 15.3 Å². The van der Waals surface area contributed by atoms with Crippen molar-refractivity contribution in [3.8, 4) is 0 Å². The lowest BCUT2D eigenvalue weighted by Crippen LogP contribution is -2.35. The van der Waals surface area contributed by atoms with Gasteiger partial charge in [0.15, 0.2) is 0 Å². The number of halogens is 3. The second-order valence-corrected chi connectivity index (χ2v) is 7.35. The molecule has 2 aromatic rings. The smallest absolute Gasteiger partial charge is 0.230 e. The first-order chi connectivity index (χ1) is 12.4. The molecule has 0 spiro atoms. The van der Waals surface area contributed by atoms with Gasteiger partial charge in [0.2, 0.25) is 5.95 Å². The van der Waals surface area contributed by atoms with Crippen molar-refractivity contribution in [2.75, 3.05) is 17.2 Å². The molecule has 10 heteroatoms. The molecule has 0 amide bonds. The maximum Gasteiger partial charge on any atom is 0.230 e. The van der Waals surface area contributed by atoms with Crippen LogP contribution in [0.15, 0.2) is 24.3 Å². The van der Waals surface area contributed by atoms with Crippen molar-refractivity contribution in [2.45, 2.75) is 24.7 Å². The third-order valence-corrected chi connectivity index (χ3v) is 4.81. The molecule has 0 aliphatic heterocycles. The summed E-state index contributed by atoms with van der Waals surface area (Å²) in [6.45, 7) is -0.205. The highest BCUT2D eigenvalue weighted by molar-refractivity contribution is 6.35. The second-order valence-electron chi connectivity index (χ2n) is 6.09. The third kappa shape index (κ3) is 4.49. The zero-order valence-corrected chi connectivity index (χ0v) is 15.7. The number of nitrogens with one attached hydrogen (secondary N) is 2. The first-order valence-electron chi connectivity index (χ1n) is 7.87. The van der Waals surface area contributed by atoms with Crippen LogP contribution in [-0.4, -0.2) is 50.1 Å². The van der Waals surface area contributed by atoms with Crippen LogP contribution in [0.5, 0.6) is 0 Å². The molecular weight excluding hydrogens is 403 g/mol. The molecule has 1 aliphatic carbocycles. The lowest BCUT2D eigenvalue weighted by molar-refractivity contribution is 0.00446.